The zero-order valence-corrected chi connectivity index (χ0v) is 14.0. The molecule has 0 aromatic carbocycles. The van der Waals surface area contributed by atoms with Gasteiger partial charge in [0.25, 0.3) is 0 Å². The number of hydrogen-bond acceptors (Lipinski definition) is 7. The first-order valence-electron chi connectivity index (χ1n) is 7.68. The van der Waals surface area contributed by atoms with Gasteiger partial charge in [-0.1, -0.05) is 0 Å². The molecule has 2 aliphatic rings. The molecule has 1 aromatic heterocycles. The molecule has 0 aliphatic carbocycles. The Balaban J connectivity index is 1.92. The van der Waals surface area contributed by atoms with Gasteiger partial charge in [0.05, 0.1) is 44.6 Å². The molecular weight excluding hydrogens is 306 g/mol. The third-order valence-electron chi connectivity index (χ3n) is 4.11. The first-order chi connectivity index (χ1) is 10.6. The van der Waals surface area contributed by atoms with Crippen LogP contribution < -0.4 is 9.80 Å². The molecule has 0 saturated carbocycles. The molecule has 2 aliphatic heterocycles. The van der Waals surface area contributed by atoms with Gasteiger partial charge in [-0.05, 0) is 32.4 Å². The Morgan fingerprint density at radius 2 is 1.55 bits per heavy atom. The van der Waals surface area contributed by atoms with E-state index in [2.05, 4.69) is 45.5 Å². The molecule has 2 fully saturated rings. The summed E-state index contributed by atoms with van der Waals surface area (Å²) < 4.78 is 11.0. The third kappa shape index (κ3) is 3.11. The highest BCUT2D eigenvalue weighted by molar-refractivity contribution is 6.28. The van der Waals surface area contributed by atoms with E-state index < -0.39 is 0 Å². The zero-order valence-electron chi connectivity index (χ0n) is 13.2. The van der Waals surface area contributed by atoms with Crippen LogP contribution in [0.5, 0.6) is 0 Å². The van der Waals surface area contributed by atoms with E-state index in [1.54, 1.807) is 0 Å². The maximum atomic E-state index is 6.15. The molecule has 3 rings (SSSR count). The minimum Gasteiger partial charge on any atom is -0.377 e. The largest absolute Gasteiger partial charge is 0.377 e. The average Bonchev–Trinajstić information content (AvgIpc) is 2.47. The van der Waals surface area contributed by atoms with Crippen LogP contribution in [0.25, 0.3) is 0 Å². The Labute approximate surface area is 135 Å². The molecule has 0 amide bonds. The van der Waals surface area contributed by atoms with E-state index in [0.717, 1.165) is 6.54 Å². The number of aromatic nitrogens is 3. The molecule has 3 heterocycles. The first kappa shape index (κ1) is 15.7. The summed E-state index contributed by atoms with van der Waals surface area (Å²) in [6.07, 6.45) is 0. The van der Waals surface area contributed by atoms with E-state index in [9.17, 15) is 0 Å². The van der Waals surface area contributed by atoms with Crippen molar-refractivity contribution in [3.63, 3.8) is 0 Å². The van der Waals surface area contributed by atoms with Crippen LogP contribution in [0.1, 0.15) is 20.8 Å². The van der Waals surface area contributed by atoms with Gasteiger partial charge in [0.1, 0.15) is 0 Å². The lowest BCUT2D eigenvalue weighted by molar-refractivity contribution is 0.0746. The minimum absolute atomic E-state index is 0.206. The molecule has 0 bridgehead atoms. The standard InChI is InChI=1S/C14H22ClN5O2/c1-9-6-21-5-4-19(9)13-16-12(15)17-14(18-13)20-10(2)7-22-8-11(20)3/h9-11H,4-8H2,1-3H3. The molecule has 7 nitrogen and oxygen atoms in total. The fourth-order valence-electron chi connectivity index (χ4n) is 3.00. The molecule has 122 valence electrons. The maximum absolute atomic E-state index is 6.15. The summed E-state index contributed by atoms with van der Waals surface area (Å²) >= 11 is 6.15. The predicted octanol–water partition coefficient (Wildman–Crippen LogP) is 1.36. The summed E-state index contributed by atoms with van der Waals surface area (Å²) in [5, 5.41) is 0.226. The second-order valence-corrected chi connectivity index (χ2v) is 6.30. The molecule has 2 saturated heterocycles. The van der Waals surface area contributed by atoms with Gasteiger partial charge in [-0.2, -0.15) is 15.0 Å². The highest BCUT2D eigenvalue weighted by atomic mass is 35.5. The van der Waals surface area contributed by atoms with Crippen molar-refractivity contribution in [3.8, 4) is 0 Å². The second-order valence-electron chi connectivity index (χ2n) is 5.96. The summed E-state index contributed by atoms with van der Waals surface area (Å²) in [4.78, 5) is 17.6. The topological polar surface area (TPSA) is 63.6 Å². The van der Waals surface area contributed by atoms with Crippen molar-refractivity contribution in [1.82, 2.24) is 15.0 Å². The van der Waals surface area contributed by atoms with Crippen LogP contribution in [-0.2, 0) is 9.47 Å². The lowest BCUT2D eigenvalue weighted by Gasteiger charge is -2.39. The van der Waals surface area contributed by atoms with Crippen molar-refractivity contribution in [2.45, 2.75) is 38.9 Å². The van der Waals surface area contributed by atoms with Crippen LogP contribution in [0.3, 0.4) is 0 Å². The minimum atomic E-state index is 0.206. The molecule has 0 spiro atoms. The third-order valence-corrected chi connectivity index (χ3v) is 4.28. The monoisotopic (exact) mass is 327 g/mol. The molecule has 0 radical (unpaired) electrons. The Bertz CT molecular complexity index is 522. The average molecular weight is 328 g/mol. The van der Waals surface area contributed by atoms with Crippen molar-refractivity contribution < 1.29 is 9.47 Å². The van der Waals surface area contributed by atoms with Gasteiger partial charge >= 0.3 is 0 Å². The summed E-state index contributed by atoms with van der Waals surface area (Å²) in [6, 6.07) is 0.633. The van der Waals surface area contributed by atoms with Crippen molar-refractivity contribution in [2.75, 3.05) is 42.8 Å². The normalized spacial score (nSPS) is 29.7. The fourth-order valence-corrected chi connectivity index (χ4v) is 3.15. The number of hydrogen-bond donors (Lipinski definition) is 0. The molecule has 22 heavy (non-hydrogen) atoms. The smallest absolute Gasteiger partial charge is 0.232 e. The predicted molar refractivity (Wildman–Crippen MR) is 84.7 cm³/mol. The van der Waals surface area contributed by atoms with Gasteiger partial charge in [-0.15, -0.1) is 0 Å². The Kier molecular flexibility index (Phi) is 4.65. The molecule has 0 N–H and O–H groups in total. The summed E-state index contributed by atoms with van der Waals surface area (Å²) in [5.74, 6) is 1.24. The number of anilines is 2. The maximum Gasteiger partial charge on any atom is 0.232 e. The van der Waals surface area contributed by atoms with Gasteiger partial charge in [0, 0.05) is 6.54 Å². The second kappa shape index (κ2) is 6.52. The quantitative estimate of drug-likeness (QED) is 0.812. The van der Waals surface area contributed by atoms with Crippen LogP contribution in [-0.4, -0.2) is 66.0 Å². The number of nitrogens with zero attached hydrogens (tertiary/aromatic N) is 5. The molecule has 3 unspecified atom stereocenters. The molecule has 3 atom stereocenters. The lowest BCUT2D eigenvalue weighted by Crippen LogP contribution is -2.51. The Morgan fingerprint density at radius 3 is 2.23 bits per heavy atom. The van der Waals surface area contributed by atoms with E-state index in [1.165, 1.54) is 0 Å². The zero-order chi connectivity index (χ0) is 15.7. The van der Waals surface area contributed by atoms with Crippen molar-refractivity contribution >= 4 is 23.5 Å². The number of halogens is 1. The van der Waals surface area contributed by atoms with Crippen LogP contribution in [0, 0.1) is 0 Å². The summed E-state index contributed by atoms with van der Waals surface area (Å²) in [7, 11) is 0. The van der Waals surface area contributed by atoms with Gasteiger partial charge < -0.3 is 19.3 Å². The van der Waals surface area contributed by atoms with Crippen molar-refractivity contribution in [1.29, 1.82) is 0 Å². The van der Waals surface area contributed by atoms with Crippen LogP contribution >= 0.6 is 11.6 Å². The number of morpholine rings is 2. The van der Waals surface area contributed by atoms with Crippen molar-refractivity contribution in [2.24, 2.45) is 0 Å². The van der Waals surface area contributed by atoms with Gasteiger partial charge in [0.2, 0.25) is 17.2 Å². The van der Waals surface area contributed by atoms with E-state index in [0.29, 0.717) is 38.3 Å². The fraction of sp³-hybridized carbons (Fsp3) is 0.786. The summed E-state index contributed by atoms with van der Waals surface area (Å²) in [6.45, 7) is 9.73. The molecule has 1 aromatic rings. The molecule has 8 heteroatoms. The lowest BCUT2D eigenvalue weighted by atomic mass is 10.2. The number of ether oxygens (including phenoxy) is 2. The van der Waals surface area contributed by atoms with E-state index in [1.807, 2.05) is 0 Å². The van der Waals surface area contributed by atoms with Crippen LogP contribution in [0.15, 0.2) is 0 Å². The van der Waals surface area contributed by atoms with E-state index in [-0.39, 0.29) is 23.4 Å². The van der Waals surface area contributed by atoms with Gasteiger partial charge in [0.15, 0.2) is 0 Å². The van der Waals surface area contributed by atoms with Crippen molar-refractivity contribution in [3.05, 3.63) is 5.28 Å². The number of rotatable bonds is 2. The van der Waals surface area contributed by atoms with E-state index in [4.69, 9.17) is 21.1 Å². The Morgan fingerprint density at radius 1 is 0.909 bits per heavy atom. The SMILES string of the molecule is CC1COCCN1c1nc(Cl)nc(N2C(C)COCC2C)n1. The highest BCUT2D eigenvalue weighted by Gasteiger charge is 2.30. The van der Waals surface area contributed by atoms with Crippen LogP contribution in [0.2, 0.25) is 5.28 Å². The first-order valence-corrected chi connectivity index (χ1v) is 8.06. The van der Waals surface area contributed by atoms with Gasteiger partial charge in [-0.3, -0.25) is 0 Å². The summed E-state index contributed by atoms with van der Waals surface area (Å²) in [5.41, 5.74) is 0. The van der Waals surface area contributed by atoms with E-state index >= 15 is 0 Å². The van der Waals surface area contributed by atoms with Gasteiger partial charge in [-0.25, -0.2) is 0 Å². The Hall–Kier alpha value is -1.18. The molecular formula is C14H22ClN5O2. The van der Waals surface area contributed by atoms with Crippen LogP contribution in [0.4, 0.5) is 11.9 Å². The highest BCUT2D eigenvalue weighted by Crippen LogP contribution is 2.24.